The molecule has 0 aromatic rings. The number of nitrogens with two attached hydrogens (primary N) is 1. The zero-order chi connectivity index (χ0) is 8.41. The monoisotopic (exact) mass is 402 g/mol. The molecular weight excluding hydrogens is 388 g/mol. The minimum atomic E-state index is -0.472. The molecule has 0 aromatic carbocycles. The van der Waals surface area contributed by atoms with E-state index in [2.05, 4.69) is 0 Å². The summed E-state index contributed by atoms with van der Waals surface area (Å²) in [7, 11) is 9.75. The molecule has 0 radical (unpaired) electrons. The fourth-order valence-corrected chi connectivity index (χ4v) is 0.351. The van der Waals surface area contributed by atoms with E-state index in [1.807, 2.05) is 0 Å². The Morgan fingerprint density at radius 2 is 1.75 bits per heavy atom. The van der Waals surface area contributed by atoms with Crippen molar-refractivity contribution in [2.24, 2.45) is 5.73 Å². The van der Waals surface area contributed by atoms with Gasteiger partial charge in [0.2, 0.25) is 0 Å². The van der Waals surface area contributed by atoms with Crippen LogP contribution in [0.4, 0.5) is 0 Å². The first kappa shape index (κ1) is 23.0. The van der Waals surface area contributed by atoms with Gasteiger partial charge in [0.15, 0.2) is 0 Å². The molecule has 0 rings (SSSR count). The molecule has 12 heavy (non-hydrogen) atoms. The quantitative estimate of drug-likeness (QED) is 0.719. The van der Waals surface area contributed by atoms with Gasteiger partial charge in [-0.15, -0.1) is 0 Å². The van der Waals surface area contributed by atoms with Gasteiger partial charge < -0.3 is 21.5 Å². The molecule has 0 amide bonds. The molecule has 0 aliphatic heterocycles. The molecular formula is C5H15Cl2NO3Pt. The summed E-state index contributed by atoms with van der Waals surface area (Å²) in [5, 5.41) is 0. The molecule has 0 saturated heterocycles. The predicted molar refractivity (Wildman–Crippen MR) is 47.9 cm³/mol. The molecule has 0 saturated carbocycles. The third kappa shape index (κ3) is 44.9. The van der Waals surface area contributed by atoms with Crippen LogP contribution in [-0.4, -0.2) is 23.3 Å². The van der Waals surface area contributed by atoms with Crippen molar-refractivity contribution in [3.8, 4) is 0 Å². The van der Waals surface area contributed by atoms with Crippen LogP contribution in [0.15, 0.2) is 0 Å². The van der Waals surface area contributed by atoms with Crippen LogP contribution in [0.2, 0.25) is 0 Å². The van der Waals surface area contributed by atoms with Gasteiger partial charge in [0.25, 0.3) is 0 Å². The standard InChI is InChI=1S/C5H11NO.2ClH.2H2O.Pt/c1-5(7)3-2-4-6;;;;;/h2-4,6H2,1H3;2*1H;2*1H2;/q;;;;;+2/p-2. The number of Topliss-reactive ketones (excluding diaryl/α,β-unsaturated/α-hetero) is 1. The number of carbonyl (C=O) groups is 1. The second-order valence-corrected chi connectivity index (χ2v) is 4.92. The first-order chi connectivity index (χ1) is 4.68. The summed E-state index contributed by atoms with van der Waals surface area (Å²) in [4.78, 5) is 10.1. The number of hydrogen-bond acceptors (Lipinski definition) is 2. The molecule has 0 unspecified atom stereocenters. The second kappa shape index (κ2) is 22.6. The predicted octanol–water partition coefficient (Wildman–Crippen LogP) is 0.0414. The summed E-state index contributed by atoms with van der Waals surface area (Å²) in [5.41, 5.74) is 5.12. The third-order valence-corrected chi connectivity index (χ3v) is 0.733. The fraction of sp³-hybridized carbons (Fsp3) is 0.800. The normalized spacial score (nSPS) is 7.00. The fourth-order valence-electron chi connectivity index (χ4n) is 0.351. The van der Waals surface area contributed by atoms with Crippen molar-refractivity contribution in [3.63, 3.8) is 0 Å². The summed E-state index contributed by atoms with van der Waals surface area (Å²) in [5.74, 6) is 0.227. The zero-order valence-electron chi connectivity index (χ0n) is 6.68. The number of rotatable bonds is 3. The van der Waals surface area contributed by atoms with Crippen molar-refractivity contribution in [2.75, 3.05) is 6.54 Å². The van der Waals surface area contributed by atoms with E-state index in [9.17, 15) is 4.79 Å². The Kier molecular flexibility index (Phi) is 43.4. The Labute approximate surface area is 88.8 Å². The van der Waals surface area contributed by atoms with Gasteiger partial charge in [0.05, 0.1) is 0 Å². The van der Waals surface area contributed by atoms with Gasteiger partial charge in [0.1, 0.15) is 5.78 Å². The molecule has 0 atom stereocenters. The van der Waals surface area contributed by atoms with Gasteiger partial charge in [-0.2, -0.15) is 0 Å². The van der Waals surface area contributed by atoms with Gasteiger partial charge in [0, 0.05) is 6.42 Å². The van der Waals surface area contributed by atoms with Crippen LogP contribution in [-0.2, 0) is 21.3 Å². The Morgan fingerprint density at radius 3 is 1.83 bits per heavy atom. The molecule has 6 N–H and O–H groups in total. The number of carbonyl (C=O) groups excluding carboxylic acids is 1. The van der Waals surface area contributed by atoms with E-state index in [-0.39, 0.29) is 16.7 Å². The molecule has 82 valence electrons. The van der Waals surface area contributed by atoms with Crippen LogP contribution in [0.3, 0.4) is 0 Å². The van der Waals surface area contributed by atoms with Crippen molar-refractivity contribution in [3.05, 3.63) is 0 Å². The molecule has 0 aliphatic carbocycles. The van der Waals surface area contributed by atoms with Crippen molar-refractivity contribution in [2.45, 2.75) is 19.8 Å². The molecule has 0 aromatic heterocycles. The van der Waals surface area contributed by atoms with Crippen molar-refractivity contribution in [1.82, 2.24) is 0 Å². The van der Waals surface area contributed by atoms with Crippen LogP contribution >= 0.6 is 18.8 Å². The Bertz CT molecular complexity index is 87.1. The maximum absolute atomic E-state index is 10.1. The van der Waals surface area contributed by atoms with E-state index in [0.29, 0.717) is 13.0 Å². The average Bonchev–Trinajstić information content (AvgIpc) is 1.85. The summed E-state index contributed by atoms with van der Waals surface area (Å²) in [6.07, 6.45) is 1.46. The Morgan fingerprint density at radius 1 is 1.42 bits per heavy atom. The summed E-state index contributed by atoms with van der Waals surface area (Å²) in [6.45, 7) is 2.20. The summed E-state index contributed by atoms with van der Waals surface area (Å²) >= 11 is -0.472. The van der Waals surface area contributed by atoms with E-state index in [0.717, 1.165) is 6.42 Å². The van der Waals surface area contributed by atoms with Crippen LogP contribution in [0, 0.1) is 0 Å². The molecule has 0 heterocycles. The van der Waals surface area contributed by atoms with Crippen LogP contribution in [0.25, 0.3) is 0 Å². The number of hydrogen-bond donors (Lipinski definition) is 1. The van der Waals surface area contributed by atoms with Crippen molar-refractivity contribution >= 4 is 24.6 Å². The summed E-state index contributed by atoms with van der Waals surface area (Å²) < 4.78 is 0. The van der Waals surface area contributed by atoms with E-state index in [4.69, 9.17) is 24.6 Å². The third-order valence-electron chi connectivity index (χ3n) is 0.733. The number of ketones is 1. The Balaban J connectivity index is -0.0000000569. The zero-order valence-corrected chi connectivity index (χ0v) is 10.5. The first-order valence-corrected chi connectivity index (χ1v) is 8.34. The first-order valence-electron chi connectivity index (χ1n) is 2.70. The molecule has 7 heteroatoms. The van der Waals surface area contributed by atoms with E-state index >= 15 is 0 Å². The molecule has 4 nitrogen and oxygen atoms in total. The number of halogens is 2. The SMILES string of the molecule is CC(=O)CCCN.O.O.[Cl][Pt][Cl]. The summed E-state index contributed by atoms with van der Waals surface area (Å²) in [6, 6.07) is 0. The van der Waals surface area contributed by atoms with E-state index in [1.54, 1.807) is 6.92 Å². The topological polar surface area (TPSA) is 106 Å². The minimum absolute atomic E-state index is 0. The van der Waals surface area contributed by atoms with Crippen LogP contribution < -0.4 is 5.73 Å². The van der Waals surface area contributed by atoms with Gasteiger partial charge in [-0.25, -0.2) is 0 Å². The average molecular weight is 403 g/mol. The molecule has 0 bridgehead atoms. The molecule has 0 fully saturated rings. The van der Waals surface area contributed by atoms with Gasteiger partial charge in [-0.3, -0.25) is 0 Å². The van der Waals surface area contributed by atoms with Crippen molar-refractivity contribution < 1.29 is 32.2 Å². The second-order valence-electron chi connectivity index (χ2n) is 1.64. The molecule has 0 aliphatic rings. The van der Waals surface area contributed by atoms with Gasteiger partial charge >= 0.3 is 35.3 Å². The van der Waals surface area contributed by atoms with Gasteiger partial charge in [-0.05, 0) is 19.9 Å². The van der Waals surface area contributed by atoms with Crippen LogP contribution in [0.5, 0.6) is 0 Å². The van der Waals surface area contributed by atoms with Crippen LogP contribution in [0.1, 0.15) is 19.8 Å². The Hall–Kier alpha value is 0.818. The maximum atomic E-state index is 10.1. The van der Waals surface area contributed by atoms with E-state index < -0.39 is 16.5 Å². The van der Waals surface area contributed by atoms with Gasteiger partial charge in [-0.1, -0.05) is 0 Å². The van der Waals surface area contributed by atoms with Crippen molar-refractivity contribution in [1.29, 1.82) is 0 Å². The molecule has 0 spiro atoms. The van der Waals surface area contributed by atoms with E-state index in [1.165, 1.54) is 0 Å².